The second kappa shape index (κ2) is 5.20. The quantitative estimate of drug-likeness (QED) is 0.744. The van der Waals surface area contributed by atoms with Crippen LogP contribution >= 0.6 is 0 Å². The second-order valence-electron chi connectivity index (χ2n) is 4.27. The van der Waals surface area contributed by atoms with Gasteiger partial charge in [0.15, 0.2) is 0 Å². The molecule has 1 aliphatic carbocycles. The van der Waals surface area contributed by atoms with E-state index in [0.29, 0.717) is 18.6 Å². The van der Waals surface area contributed by atoms with E-state index in [1.165, 1.54) is 12.8 Å². The van der Waals surface area contributed by atoms with Gasteiger partial charge in [-0.15, -0.1) is 0 Å². The molecule has 0 heterocycles. The molecule has 0 aliphatic heterocycles. The highest BCUT2D eigenvalue weighted by molar-refractivity contribution is 5.64. The third-order valence-corrected chi connectivity index (χ3v) is 3.01. The Kier molecular flexibility index (Phi) is 4.20. The highest BCUT2D eigenvalue weighted by atomic mass is 16.5. The van der Waals surface area contributed by atoms with Crippen molar-refractivity contribution in [3.63, 3.8) is 0 Å². The minimum absolute atomic E-state index is 0.496. The van der Waals surface area contributed by atoms with Crippen LogP contribution in [0.5, 0.6) is 0 Å². The maximum atomic E-state index is 10.4. The summed E-state index contributed by atoms with van der Waals surface area (Å²) in [7, 11) is 4.23. The van der Waals surface area contributed by atoms with Gasteiger partial charge in [0.25, 0.3) is 0 Å². The number of primary amides is 1. The van der Waals surface area contributed by atoms with Crippen LogP contribution in [0.25, 0.3) is 0 Å². The fourth-order valence-electron chi connectivity index (χ4n) is 2.03. The van der Waals surface area contributed by atoms with Gasteiger partial charge in [-0.3, -0.25) is 0 Å². The summed E-state index contributed by atoms with van der Waals surface area (Å²) in [4.78, 5) is 12.7. The largest absolute Gasteiger partial charge is 0.449 e. The predicted molar refractivity (Wildman–Crippen MR) is 55.0 cm³/mol. The van der Waals surface area contributed by atoms with E-state index in [0.717, 1.165) is 12.8 Å². The molecule has 14 heavy (non-hydrogen) atoms. The van der Waals surface area contributed by atoms with E-state index >= 15 is 0 Å². The first-order chi connectivity index (χ1) is 6.59. The molecule has 1 amide bonds. The van der Waals surface area contributed by atoms with Crippen LogP contribution in [0.2, 0.25) is 0 Å². The van der Waals surface area contributed by atoms with Gasteiger partial charge >= 0.3 is 6.09 Å². The van der Waals surface area contributed by atoms with Crippen LogP contribution in [0.4, 0.5) is 4.79 Å². The molecule has 1 saturated carbocycles. The molecular formula is C10H20N2O2. The van der Waals surface area contributed by atoms with Gasteiger partial charge in [-0.05, 0) is 45.7 Å². The third kappa shape index (κ3) is 3.54. The number of ether oxygens (including phenoxy) is 1. The fraction of sp³-hybridized carbons (Fsp3) is 0.900. The van der Waals surface area contributed by atoms with Gasteiger partial charge in [0.2, 0.25) is 0 Å². The van der Waals surface area contributed by atoms with Gasteiger partial charge in [0.05, 0.1) is 6.61 Å². The van der Waals surface area contributed by atoms with Gasteiger partial charge in [0.1, 0.15) is 0 Å². The van der Waals surface area contributed by atoms with Crippen LogP contribution in [-0.4, -0.2) is 37.7 Å². The van der Waals surface area contributed by atoms with Gasteiger partial charge in [-0.1, -0.05) is 0 Å². The van der Waals surface area contributed by atoms with Crippen molar-refractivity contribution in [1.29, 1.82) is 0 Å². The van der Waals surface area contributed by atoms with E-state index in [9.17, 15) is 4.79 Å². The lowest BCUT2D eigenvalue weighted by Crippen LogP contribution is -2.33. The molecule has 0 aromatic carbocycles. The second-order valence-corrected chi connectivity index (χ2v) is 4.27. The number of amides is 1. The zero-order chi connectivity index (χ0) is 10.6. The summed E-state index contributed by atoms with van der Waals surface area (Å²) in [6, 6.07) is 0.694. The van der Waals surface area contributed by atoms with Crippen LogP contribution in [0.1, 0.15) is 25.7 Å². The van der Waals surface area contributed by atoms with Gasteiger partial charge in [-0.25, -0.2) is 4.79 Å². The number of hydrogen-bond acceptors (Lipinski definition) is 3. The summed E-state index contributed by atoms with van der Waals surface area (Å²) >= 11 is 0. The molecule has 0 saturated heterocycles. The first-order valence-corrected chi connectivity index (χ1v) is 5.18. The minimum atomic E-state index is -0.653. The Morgan fingerprint density at radius 3 is 2.36 bits per heavy atom. The lowest BCUT2D eigenvalue weighted by atomic mass is 9.86. The van der Waals surface area contributed by atoms with Gasteiger partial charge in [0, 0.05) is 6.04 Å². The summed E-state index contributed by atoms with van der Waals surface area (Å²) in [6.45, 7) is 0.496. The number of rotatable bonds is 3. The van der Waals surface area contributed by atoms with Crippen LogP contribution in [0.15, 0.2) is 0 Å². The van der Waals surface area contributed by atoms with E-state index in [1.807, 2.05) is 0 Å². The molecular weight excluding hydrogens is 180 g/mol. The van der Waals surface area contributed by atoms with Crippen molar-refractivity contribution in [2.75, 3.05) is 20.7 Å². The Labute approximate surface area is 85.4 Å². The highest BCUT2D eigenvalue weighted by Crippen LogP contribution is 2.26. The van der Waals surface area contributed by atoms with E-state index in [2.05, 4.69) is 19.0 Å². The number of hydrogen-bond donors (Lipinski definition) is 1. The Morgan fingerprint density at radius 2 is 1.93 bits per heavy atom. The lowest BCUT2D eigenvalue weighted by molar-refractivity contribution is 0.108. The molecule has 0 aromatic heterocycles. The van der Waals surface area contributed by atoms with Crippen LogP contribution < -0.4 is 5.73 Å². The van der Waals surface area contributed by atoms with Crippen molar-refractivity contribution in [3.05, 3.63) is 0 Å². The molecule has 1 rings (SSSR count). The molecule has 1 fully saturated rings. The molecule has 0 unspecified atom stereocenters. The number of nitrogens with two attached hydrogens (primary N) is 1. The Balaban J connectivity index is 2.19. The molecule has 0 atom stereocenters. The van der Waals surface area contributed by atoms with Crippen LogP contribution in [-0.2, 0) is 4.74 Å². The first-order valence-electron chi connectivity index (χ1n) is 5.18. The fourth-order valence-corrected chi connectivity index (χ4v) is 2.03. The van der Waals surface area contributed by atoms with E-state index in [-0.39, 0.29) is 0 Å². The van der Waals surface area contributed by atoms with Crippen LogP contribution in [0.3, 0.4) is 0 Å². The predicted octanol–water partition coefficient (Wildman–Crippen LogP) is 1.20. The zero-order valence-corrected chi connectivity index (χ0v) is 9.03. The van der Waals surface area contributed by atoms with Crippen molar-refractivity contribution in [1.82, 2.24) is 4.90 Å². The topological polar surface area (TPSA) is 55.6 Å². The maximum Gasteiger partial charge on any atom is 0.404 e. The minimum Gasteiger partial charge on any atom is -0.449 e. The molecule has 0 radical (unpaired) electrons. The molecule has 0 bridgehead atoms. The molecule has 4 nitrogen and oxygen atoms in total. The first kappa shape index (κ1) is 11.3. The average molecular weight is 200 g/mol. The summed E-state index contributed by atoms with van der Waals surface area (Å²) in [5.41, 5.74) is 4.92. The van der Waals surface area contributed by atoms with Crippen molar-refractivity contribution in [2.24, 2.45) is 11.7 Å². The molecule has 2 N–H and O–H groups in total. The monoisotopic (exact) mass is 200 g/mol. The normalized spacial score (nSPS) is 27.6. The Hall–Kier alpha value is -0.770. The summed E-state index contributed by atoms with van der Waals surface area (Å²) in [6.07, 6.45) is 4.01. The summed E-state index contributed by atoms with van der Waals surface area (Å²) in [5, 5.41) is 0. The molecule has 0 aromatic rings. The van der Waals surface area contributed by atoms with Crippen molar-refractivity contribution < 1.29 is 9.53 Å². The zero-order valence-electron chi connectivity index (χ0n) is 9.03. The standard InChI is InChI=1S/C10H20N2O2/c1-12(2)9-5-3-8(4-6-9)7-14-10(11)13/h8-9H,3-7H2,1-2H3,(H2,11,13). The van der Waals surface area contributed by atoms with Crippen molar-refractivity contribution >= 4 is 6.09 Å². The average Bonchev–Trinajstić information content (AvgIpc) is 2.15. The maximum absolute atomic E-state index is 10.4. The Morgan fingerprint density at radius 1 is 1.36 bits per heavy atom. The third-order valence-electron chi connectivity index (χ3n) is 3.01. The van der Waals surface area contributed by atoms with E-state index in [4.69, 9.17) is 10.5 Å². The smallest absolute Gasteiger partial charge is 0.404 e. The molecule has 1 aliphatic rings. The molecule has 4 heteroatoms. The molecule has 82 valence electrons. The summed E-state index contributed by atoms with van der Waals surface area (Å²) < 4.78 is 4.80. The van der Waals surface area contributed by atoms with E-state index < -0.39 is 6.09 Å². The van der Waals surface area contributed by atoms with Crippen LogP contribution in [0, 0.1) is 5.92 Å². The Bertz CT molecular complexity index is 187. The number of carbonyl (C=O) groups is 1. The van der Waals surface area contributed by atoms with Crippen molar-refractivity contribution in [3.8, 4) is 0 Å². The highest BCUT2D eigenvalue weighted by Gasteiger charge is 2.22. The number of nitrogens with zero attached hydrogens (tertiary/aromatic N) is 1. The molecule has 0 spiro atoms. The summed E-state index contributed by atoms with van der Waals surface area (Å²) in [5.74, 6) is 0.513. The van der Waals surface area contributed by atoms with Crippen molar-refractivity contribution in [2.45, 2.75) is 31.7 Å². The number of carbonyl (C=O) groups excluding carboxylic acids is 1. The SMILES string of the molecule is CN(C)C1CCC(COC(N)=O)CC1. The van der Waals surface area contributed by atoms with E-state index in [1.54, 1.807) is 0 Å². The van der Waals surface area contributed by atoms with Gasteiger partial charge < -0.3 is 15.4 Å². The van der Waals surface area contributed by atoms with Gasteiger partial charge in [-0.2, -0.15) is 0 Å². The lowest BCUT2D eigenvalue weighted by Gasteiger charge is -2.32.